The predicted molar refractivity (Wildman–Crippen MR) is 68.9 cm³/mol. The average Bonchev–Trinajstić information content (AvgIpc) is 2.99. The van der Waals surface area contributed by atoms with Crippen LogP contribution in [0.4, 0.5) is 10.5 Å². The van der Waals surface area contributed by atoms with Gasteiger partial charge in [-0.1, -0.05) is 0 Å². The molecule has 7 heteroatoms. The minimum absolute atomic E-state index is 0.291. The van der Waals surface area contributed by atoms with Crippen LogP contribution >= 0.6 is 0 Å². The van der Waals surface area contributed by atoms with Gasteiger partial charge >= 0.3 is 6.09 Å². The molecule has 0 saturated carbocycles. The van der Waals surface area contributed by atoms with E-state index in [2.05, 4.69) is 10.2 Å². The fraction of sp³-hybridized carbons (Fsp3) is 0.333. The van der Waals surface area contributed by atoms with E-state index in [0.717, 1.165) is 10.9 Å². The summed E-state index contributed by atoms with van der Waals surface area (Å²) in [6.45, 7) is 1.91. The van der Waals surface area contributed by atoms with Crippen molar-refractivity contribution in [2.75, 3.05) is 32.0 Å². The van der Waals surface area contributed by atoms with Crippen LogP contribution in [-0.4, -0.2) is 47.5 Å². The fourth-order valence-corrected chi connectivity index (χ4v) is 2.01. The van der Waals surface area contributed by atoms with Crippen LogP contribution in [0.15, 0.2) is 18.3 Å². The molecular formula is C12H14N4O3. The lowest BCUT2D eigenvalue weighted by Gasteiger charge is -2.14. The van der Waals surface area contributed by atoms with Gasteiger partial charge in [0.2, 0.25) is 0 Å². The first-order chi connectivity index (χ1) is 9.24. The van der Waals surface area contributed by atoms with Crippen molar-refractivity contribution in [1.29, 1.82) is 0 Å². The van der Waals surface area contributed by atoms with E-state index in [1.54, 1.807) is 23.2 Å². The van der Waals surface area contributed by atoms with Crippen molar-refractivity contribution < 1.29 is 14.3 Å². The zero-order valence-electron chi connectivity index (χ0n) is 10.3. The van der Waals surface area contributed by atoms with Gasteiger partial charge in [0.1, 0.15) is 19.0 Å². The molecule has 0 unspecified atom stereocenters. The Balaban J connectivity index is 1.64. The molecule has 2 heterocycles. The number of amides is 1. The van der Waals surface area contributed by atoms with Gasteiger partial charge in [-0.05, 0) is 6.07 Å². The molecule has 0 aliphatic carbocycles. The number of cyclic esters (lactones) is 1. The van der Waals surface area contributed by atoms with Crippen molar-refractivity contribution in [3.05, 3.63) is 18.3 Å². The highest BCUT2D eigenvalue weighted by Crippen LogP contribution is 2.26. The maximum Gasteiger partial charge on any atom is 0.410 e. The highest BCUT2D eigenvalue weighted by atomic mass is 16.6. The number of ether oxygens (including phenoxy) is 2. The van der Waals surface area contributed by atoms with Crippen LogP contribution in [0.25, 0.3) is 10.9 Å². The summed E-state index contributed by atoms with van der Waals surface area (Å²) >= 11 is 0. The van der Waals surface area contributed by atoms with E-state index in [0.29, 0.717) is 37.7 Å². The Hall–Kier alpha value is -2.44. The van der Waals surface area contributed by atoms with Gasteiger partial charge in [0.15, 0.2) is 0 Å². The second kappa shape index (κ2) is 4.68. The van der Waals surface area contributed by atoms with E-state index < -0.39 is 0 Å². The molecular weight excluding hydrogens is 248 g/mol. The molecule has 1 aromatic carbocycles. The van der Waals surface area contributed by atoms with Gasteiger partial charge in [-0.15, -0.1) is 0 Å². The maximum atomic E-state index is 11.2. The van der Waals surface area contributed by atoms with E-state index in [1.807, 2.05) is 0 Å². The number of hydrogen-bond acceptors (Lipinski definition) is 5. The first kappa shape index (κ1) is 11.6. The highest BCUT2D eigenvalue weighted by Gasteiger charge is 2.21. The lowest BCUT2D eigenvalue weighted by molar-refractivity contribution is 0.153. The zero-order valence-corrected chi connectivity index (χ0v) is 10.3. The Morgan fingerprint density at radius 3 is 3.21 bits per heavy atom. The van der Waals surface area contributed by atoms with Crippen LogP contribution in [0.5, 0.6) is 5.75 Å². The normalized spacial score (nSPS) is 14.9. The van der Waals surface area contributed by atoms with E-state index >= 15 is 0 Å². The van der Waals surface area contributed by atoms with Crippen molar-refractivity contribution in [1.82, 2.24) is 15.1 Å². The quantitative estimate of drug-likeness (QED) is 0.801. The Morgan fingerprint density at radius 1 is 1.53 bits per heavy atom. The molecule has 1 amide bonds. The van der Waals surface area contributed by atoms with E-state index in [-0.39, 0.29) is 6.09 Å². The third kappa shape index (κ3) is 2.26. The van der Waals surface area contributed by atoms with E-state index in [1.165, 1.54) is 0 Å². The van der Waals surface area contributed by atoms with E-state index in [4.69, 9.17) is 15.2 Å². The molecule has 0 bridgehead atoms. The summed E-state index contributed by atoms with van der Waals surface area (Å²) in [4.78, 5) is 12.8. The first-order valence-electron chi connectivity index (χ1n) is 6.01. The van der Waals surface area contributed by atoms with Crippen molar-refractivity contribution in [2.24, 2.45) is 0 Å². The lowest BCUT2D eigenvalue weighted by Crippen LogP contribution is -2.29. The smallest absolute Gasteiger partial charge is 0.410 e. The largest absolute Gasteiger partial charge is 0.490 e. The predicted octanol–water partition coefficient (Wildman–Crippen LogP) is 0.976. The molecule has 1 aromatic heterocycles. The monoisotopic (exact) mass is 262 g/mol. The van der Waals surface area contributed by atoms with Gasteiger partial charge in [0.05, 0.1) is 30.5 Å². The third-order valence-corrected chi connectivity index (χ3v) is 3.03. The molecule has 7 nitrogen and oxygen atoms in total. The summed E-state index contributed by atoms with van der Waals surface area (Å²) in [5.41, 5.74) is 7.31. The number of benzene rings is 1. The Morgan fingerprint density at radius 2 is 2.42 bits per heavy atom. The van der Waals surface area contributed by atoms with Crippen LogP contribution in [0.1, 0.15) is 0 Å². The molecule has 0 atom stereocenters. The number of anilines is 1. The second-order valence-corrected chi connectivity index (χ2v) is 4.30. The van der Waals surface area contributed by atoms with Gasteiger partial charge in [-0.2, -0.15) is 5.10 Å². The van der Waals surface area contributed by atoms with Crippen LogP contribution < -0.4 is 10.5 Å². The number of aromatic nitrogens is 2. The topological polar surface area (TPSA) is 93.5 Å². The maximum absolute atomic E-state index is 11.2. The van der Waals surface area contributed by atoms with Crippen molar-refractivity contribution in [3.8, 4) is 5.75 Å². The minimum Gasteiger partial charge on any atom is -0.490 e. The second-order valence-electron chi connectivity index (χ2n) is 4.30. The first-order valence-corrected chi connectivity index (χ1v) is 6.01. The number of nitrogens with zero attached hydrogens (tertiary/aromatic N) is 2. The molecule has 100 valence electrons. The molecule has 3 rings (SSSR count). The molecule has 3 N–H and O–H groups in total. The number of fused-ring (bicyclic) bond motifs is 1. The number of nitrogen functional groups attached to an aromatic ring is 1. The van der Waals surface area contributed by atoms with Crippen LogP contribution in [-0.2, 0) is 4.74 Å². The summed E-state index contributed by atoms with van der Waals surface area (Å²) < 4.78 is 10.4. The molecule has 0 radical (unpaired) electrons. The van der Waals surface area contributed by atoms with Crippen LogP contribution in [0, 0.1) is 0 Å². The Labute approximate surface area is 109 Å². The lowest BCUT2D eigenvalue weighted by atomic mass is 10.2. The van der Waals surface area contributed by atoms with Crippen LogP contribution in [0.3, 0.4) is 0 Å². The van der Waals surface area contributed by atoms with Gasteiger partial charge in [0.25, 0.3) is 0 Å². The minimum atomic E-state index is -0.291. The number of nitrogens with two attached hydrogens (primary N) is 1. The summed E-state index contributed by atoms with van der Waals surface area (Å²) in [7, 11) is 0. The number of H-pyrrole nitrogens is 1. The molecule has 2 aromatic rings. The number of aromatic amines is 1. The summed E-state index contributed by atoms with van der Waals surface area (Å²) in [6.07, 6.45) is 1.41. The van der Waals surface area contributed by atoms with Gasteiger partial charge in [-0.3, -0.25) is 5.10 Å². The Kier molecular flexibility index (Phi) is 2.86. The highest BCUT2D eigenvalue weighted by molar-refractivity contribution is 5.84. The van der Waals surface area contributed by atoms with E-state index in [9.17, 15) is 4.79 Å². The molecule has 1 fully saturated rings. The summed E-state index contributed by atoms with van der Waals surface area (Å²) in [5.74, 6) is 0.587. The number of rotatable bonds is 4. The van der Waals surface area contributed by atoms with Crippen molar-refractivity contribution >= 4 is 22.7 Å². The summed E-state index contributed by atoms with van der Waals surface area (Å²) in [5, 5.41) is 7.72. The zero-order chi connectivity index (χ0) is 13.2. The standard InChI is InChI=1S/C12H14N4O3/c13-9-5-8-7-14-15-10(8)6-11(9)18-3-1-16-2-4-19-12(16)17/h5-7H,1-4,13H2,(H,14,15). The number of carbonyl (C=O) groups is 1. The number of hydrogen-bond donors (Lipinski definition) is 2. The van der Waals surface area contributed by atoms with Gasteiger partial charge in [-0.25, -0.2) is 4.79 Å². The average molecular weight is 262 g/mol. The van der Waals surface area contributed by atoms with Gasteiger partial charge < -0.3 is 20.1 Å². The third-order valence-electron chi connectivity index (χ3n) is 3.03. The number of carbonyl (C=O) groups excluding carboxylic acids is 1. The van der Waals surface area contributed by atoms with Crippen molar-refractivity contribution in [3.63, 3.8) is 0 Å². The molecule has 1 saturated heterocycles. The fourth-order valence-electron chi connectivity index (χ4n) is 2.01. The molecule has 1 aliphatic heterocycles. The number of nitrogens with one attached hydrogen (secondary N) is 1. The molecule has 1 aliphatic rings. The SMILES string of the molecule is Nc1cc2cn[nH]c2cc1OCCN1CCOC1=O. The molecule has 19 heavy (non-hydrogen) atoms. The Bertz CT molecular complexity index is 610. The molecule has 0 spiro atoms. The van der Waals surface area contributed by atoms with Crippen molar-refractivity contribution in [2.45, 2.75) is 0 Å². The van der Waals surface area contributed by atoms with Gasteiger partial charge in [0, 0.05) is 11.5 Å². The van der Waals surface area contributed by atoms with Crippen LogP contribution in [0.2, 0.25) is 0 Å². The summed E-state index contributed by atoms with van der Waals surface area (Å²) in [6, 6.07) is 3.61.